The molecule has 1 fully saturated rings. The Morgan fingerprint density at radius 1 is 1.22 bits per heavy atom. The third-order valence-corrected chi connectivity index (χ3v) is 7.07. The second kappa shape index (κ2) is 10.6. The lowest BCUT2D eigenvalue weighted by atomic mass is 10.2. The number of hydrogen-bond donors (Lipinski definition) is 1. The van der Waals surface area contributed by atoms with Crippen LogP contribution in [-0.2, 0) is 31.8 Å². The lowest BCUT2D eigenvalue weighted by Gasteiger charge is -2.21. The number of thioether (sulfide) groups is 1. The molecular weight excluding hydrogens is 380 g/mol. The van der Waals surface area contributed by atoms with Crippen LogP contribution in [0.3, 0.4) is 0 Å². The molecule has 1 unspecified atom stereocenters. The molecule has 0 aliphatic carbocycles. The van der Waals surface area contributed by atoms with Gasteiger partial charge >= 0.3 is 0 Å². The van der Waals surface area contributed by atoms with Gasteiger partial charge in [-0.15, -0.1) is 11.8 Å². The number of rotatable bonds is 8. The number of carbonyl (C=O) groups excluding carboxylic acids is 1. The average Bonchev–Trinajstić information content (AvgIpc) is 2.70. The highest BCUT2D eigenvalue weighted by atomic mass is 32.2. The van der Waals surface area contributed by atoms with E-state index < -0.39 is 10.8 Å². The molecule has 27 heavy (non-hydrogen) atoms. The fourth-order valence-corrected chi connectivity index (χ4v) is 5.09. The molecule has 3 rings (SSSR count). The van der Waals surface area contributed by atoms with Crippen molar-refractivity contribution in [2.24, 2.45) is 0 Å². The molecule has 1 aromatic heterocycles. The van der Waals surface area contributed by atoms with Gasteiger partial charge in [-0.3, -0.25) is 14.0 Å². The second-order valence-electron chi connectivity index (χ2n) is 6.40. The highest BCUT2D eigenvalue weighted by molar-refractivity contribution is 7.99. The summed E-state index contributed by atoms with van der Waals surface area (Å²) < 4.78 is 17.9. The first-order valence-corrected chi connectivity index (χ1v) is 11.6. The summed E-state index contributed by atoms with van der Waals surface area (Å²) in [6.07, 6.45) is 3.47. The normalized spacial score (nSPS) is 16.0. The molecule has 0 saturated carbocycles. The van der Waals surface area contributed by atoms with Gasteiger partial charge in [0.1, 0.15) is 0 Å². The predicted octanol–water partition coefficient (Wildman–Crippen LogP) is 3.38. The second-order valence-corrected chi connectivity index (χ2v) is 9.10. The number of nitrogens with zero attached hydrogens (tertiary/aromatic N) is 1. The Bertz CT molecular complexity index is 765. The van der Waals surface area contributed by atoms with E-state index >= 15 is 0 Å². The van der Waals surface area contributed by atoms with E-state index in [-0.39, 0.29) is 11.2 Å². The van der Waals surface area contributed by atoms with Crippen molar-refractivity contribution in [2.45, 2.75) is 29.6 Å². The molecule has 7 heteroatoms. The third kappa shape index (κ3) is 6.75. The summed E-state index contributed by atoms with van der Waals surface area (Å²) >= 11 is 1.53. The van der Waals surface area contributed by atoms with E-state index in [1.54, 1.807) is 6.20 Å². The van der Waals surface area contributed by atoms with Crippen molar-refractivity contribution in [3.63, 3.8) is 0 Å². The lowest BCUT2D eigenvalue weighted by Crippen LogP contribution is -2.25. The molecule has 1 aromatic carbocycles. The Hall–Kier alpha value is -1.70. The standard InChI is InChI=1S/C20H24N2O3S2/c23-20(14-26-13-18-5-1-2-9-21-18)22-17-6-3-4-16(12-17)15-27(24)19-7-10-25-11-8-19/h1-6,9,12,19H,7-8,10-11,13-15H2,(H,22,23). The van der Waals surface area contributed by atoms with Crippen molar-refractivity contribution in [3.8, 4) is 0 Å². The quantitative estimate of drug-likeness (QED) is 0.730. The van der Waals surface area contributed by atoms with E-state index in [4.69, 9.17) is 4.74 Å². The minimum absolute atomic E-state index is 0.0429. The molecule has 0 spiro atoms. The number of carbonyl (C=O) groups is 1. The average molecular weight is 405 g/mol. The van der Waals surface area contributed by atoms with Crippen molar-refractivity contribution in [2.75, 3.05) is 24.3 Å². The van der Waals surface area contributed by atoms with Crippen LogP contribution in [0.5, 0.6) is 0 Å². The predicted molar refractivity (Wildman–Crippen MR) is 111 cm³/mol. The Labute approximate surface area is 166 Å². The Kier molecular flexibility index (Phi) is 7.86. The van der Waals surface area contributed by atoms with Crippen LogP contribution in [0.4, 0.5) is 5.69 Å². The number of anilines is 1. The lowest BCUT2D eigenvalue weighted by molar-refractivity contribution is -0.113. The minimum atomic E-state index is -0.908. The van der Waals surface area contributed by atoms with Gasteiger partial charge in [0.25, 0.3) is 0 Å². The largest absolute Gasteiger partial charge is 0.381 e. The van der Waals surface area contributed by atoms with Crippen LogP contribution in [0.2, 0.25) is 0 Å². The van der Waals surface area contributed by atoms with Crippen LogP contribution in [0.1, 0.15) is 24.1 Å². The molecule has 1 aliphatic rings. The van der Waals surface area contributed by atoms with Gasteiger partial charge in [-0.25, -0.2) is 0 Å². The molecule has 144 valence electrons. The van der Waals surface area contributed by atoms with E-state index in [0.29, 0.717) is 30.5 Å². The first kappa shape index (κ1) is 20.0. The first-order valence-electron chi connectivity index (χ1n) is 9.02. The number of aromatic nitrogens is 1. The highest BCUT2D eigenvalue weighted by Crippen LogP contribution is 2.19. The van der Waals surface area contributed by atoms with Gasteiger partial charge in [0, 0.05) is 52.7 Å². The molecular formula is C20H24N2O3S2. The summed E-state index contributed by atoms with van der Waals surface area (Å²) in [5.41, 5.74) is 2.70. The van der Waals surface area contributed by atoms with Gasteiger partial charge < -0.3 is 10.1 Å². The van der Waals surface area contributed by atoms with Crippen LogP contribution < -0.4 is 5.32 Å². The zero-order valence-electron chi connectivity index (χ0n) is 15.1. The van der Waals surface area contributed by atoms with Crippen molar-refractivity contribution in [1.29, 1.82) is 0 Å². The molecule has 0 radical (unpaired) electrons. The van der Waals surface area contributed by atoms with Crippen molar-refractivity contribution >= 4 is 34.2 Å². The summed E-state index contributed by atoms with van der Waals surface area (Å²) in [5.74, 6) is 1.55. The third-order valence-electron chi connectivity index (χ3n) is 4.27. The SMILES string of the molecule is O=C(CSCc1ccccn1)Nc1cccc(CS(=O)C2CCOCC2)c1. The number of pyridine rings is 1. The molecule has 5 nitrogen and oxygen atoms in total. The highest BCUT2D eigenvalue weighted by Gasteiger charge is 2.20. The summed E-state index contributed by atoms with van der Waals surface area (Å²) in [5, 5.41) is 3.13. The fourth-order valence-electron chi connectivity index (χ4n) is 2.89. The maximum Gasteiger partial charge on any atom is 0.234 e. The molecule has 2 aromatic rings. The summed E-state index contributed by atoms with van der Waals surface area (Å²) in [4.78, 5) is 16.4. The van der Waals surface area contributed by atoms with Gasteiger partial charge in [-0.1, -0.05) is 18.2 Å². The minimum Gasteiger partial charge on any atom is -0.381 e. The van der Waals surface area contributed by atoms with Gasteiger partial charge in [0.2, 0.25) is 5.91 Å². The summed E-state index contributed by atoms with van der Waals surface area (Å²) in [6, 6.07) is 13.4. The first-order chi connectivity index (χ1) is 13.2. The number of nitrogens with one attached hydrogen (secondary N) is 1. The molecule has 2 heterocycles. The van der Waals surface area contributed by atoms with Crippen LogP contribution in [0.25, 0.3) is 0 Å². The van der Waals surface area contributed by atoms with Crippen LogP contribution in [-0.4, -0.2) is 39.3 Å². The fraction of sp³-hybridized carbons (Fsp3) is 0.400. The maximum atomic E-state index is 12.5. The number of benzene rings is 1. The van der Waals surface area contributed by atoms with E-state index in [1.807, 2.05) is 42.5 Å². The van der Waals surface area contributed by atoms with Crippen LogP contribution >= 0.6 is 11.8 Å². The van der Waals surface area contributed by atoms with Gasteiger partial charge in [0.05, 0.1) is 11.4 Å². The van der Waals surface area contributed by atoms with E-state index in [1.165, 1.54) is 11.8 Å². The zero-order valence-corrected chi connectivity index (χ0v) is 16.8. The topological polar surface area (TPSA) is 68.3 Å². The summed E-state index contributed by atoms with van der Waals surface area (Å²) in [6.45, 7) is 1.39. The van der Waals surface area contributed by atoms with E-state index in [2.05, 4.69) is 10.3 Å². The van der Waals surface area contributed by atoms with Gasteiger partial charge in [-0.05, 0) is 42.7 Å². The van der Waals surface area contributed by atoms with Crippen molar-refractivity contribution in [1.82, 2.24) is 4.98 Å². The Balaban J connectivity index is 1.46. The summed E-state index contributed by atoms with van der Waals surface area (Å²) in [7, 11) is -0.908. The van der Waals surface area contributed by atoms with Crippen molar-refractivity contribution in [3.05, 3.63) is 59.9 Å². The van der Waals surface area contributed by atoms with Gasteiger partial charge in [0.15, 0.2) is 0 Å². The molecule has 0 bridgehead atoms. The Morgan fingerprint density at radius 3 is 2.85 bits per heavy atom. The van der Waals surface area contributed by atoms with Crippen LogP contribution in [0.15, 0.2) is 48.7 Å². The number of ether oxygens (including phenoxy) is 1. The van der Waals surface area contributed by atoms with Crippen LogP contribution in [0, 0.1) is 0 Å². The zero-order chi connectivity index (χ0) is 18.9. The molecule has 1 amide bonds. The molecule has 1 saturated heterocycles. The van der Waals surface area contributed by atoms with E-state index in [9.17, 15) is 9.00 Å². The molecule has 1 aliphatic heterocycles. The maximum absolute atomic E-state index is 12.5. The molecule has 1 atom stereocenters. The van der Waals surface area contributed by atoms with Crippen molar-refractivity contribution < 1.29 is 13.7 Å². The number of hydrogen-bond acceptors (Lipinski definition) is 5. The smallest absolute Gasteiger partial charge is 0.234 e. The van der Waals surface area contributed by atoms with E-state index in [0.717, 1.165) is 29.8 Å². The Morgan fingerprint density at radius 2 is 2.07 bits per heavy atom. The monoisotopic (exact) mass is 404 g/mol. The molecule has 1 N–H and O–H groups in total. The number of amides is 1. The van der Waals surface area contributed by atoms with Gasteiger partial charge in [-0.2, -0.15) is 0 Å².